The van der Waals surface area contributed by atoms with Gasteiger partial charge < -0.3 is 13.9 Å². The van der Waals surface area contributed by atoms with Gasteiger partial charge in [0.05, 0.1) is 5.69 Å². The molecule has 6 nitrogen and oxygen atoms in total. The maximum Gasteiger partial charge on any atom is 0.202 e. The van der Waals surface area contributed by atoms with Crippen molar-refractivity contribution in [1.29, 1.82) is 0 Å². The number of thioether (sulfide) groups is 1. The Morgan fingerprint density at radius 2 is 2.07 bits per heavy atom. The summed E-state index contributed by atoms with van der Waals surface area (Å²) in [6.07, 6.45) is 6.72. The summed E-state index contributed by atoms with van der Waals surface area (Å²) >= 11 is 1.77. The molecule has 2 aromatic heterocycles. The second-order valence-corrected chi connectivity index (χ2v) is 9.79. The Morgan fingerprint density at radius 1 is 1.20 bits per heavy atom. The molecule has 0 unspecified atom stereocenters. The molecule has 5 rings (SSSR count). The van der Waals surface area contributed by atoms with Gasteiger partial charge in [0.1, 0.15) is 0 Å². The molecule has 0 radical (unpaired) electrons. The normalized spacial score (nSPS) is 23.9. The molecular weight excluding hydrogens is 394 g/mol. The van der Waals surface area contributed by atoms with Gasteiger partial charge in [0.2, 0.25) is 5.82 Å². The molecule has 1 saturated heterocycles. The third-order valence-electron chi connectivity index (χ3n) is 6.97. The third-order valence-corrected chi connectivity index (χ3v) is 8.08. The maximum atomic E-state index is 5.46. The summed E-state index contributed by atoms with van der Waals surface area (Å²) in [6, 6.07) is 11.1. The lowest BCUT2D eigenvalue weighted by molar-refractivity contribution is 0.0973. The lowest BCUT2D eigenvalue weighted by Gasteiger charge is -2.48. The molecule has 2 atom stereocenters. The molecule has 158 valence electrons. The van der Waals surface area contributed by atoms with E-state index in [1.807, 2.05) is 18.5 Å². The van der Waals surface area contributed by atoms with Gasteiger partial charge in [-0.05, 0) is 62.6 Å². The third kappa shape index (κ3) is 3.58. The second kappa shape index (κ2) is 8.19. The summed E-state index contributed by atoms with van der Waals surface area (Å²) in [6.45, 7) is 5.60. The number of aromatic nitrogens is 4. The van der Waals surface area contributed by atoms with Crippen molar-refractivity contribution < 1.29 is 4.42 Å². The minimum absolute atomic E-state index is 0.530. The van der Waals surface area contributed by atoms with Crippen molar-refractivity contribution >= 4 is 11.8 Å². The second-order valence-electron chi connectivity index (χ2n) is 8.72. The fraction of sp³-hybridized carbons (Fsp3) is 0.522. The first-order valence-electron chi connectivity index (χ1n) is 10.9. The zero-order valence-electron chi connectivity index (χ0n) is 17.8. The number of hydrogen-bond acceptors (Lipinski definition) is 6. The molecule has 7 heteroatoms. The minimum atomic E-state index is 0.530. The Morgan fingerprint density at radius 3 is 2.80 bits per heavy atom. The van der Waals surface area contributed by atoms with Crippen LogP contribution in [0.5, 0.6) is 0 Å². The van der Waals surface area contributed by atoms with Crippen LogP contribution >= 0.6 is 11.8 Å². The van der Waals surface area contributed by atoms with Crippen molar-refractivity contribution in [3.05, 3.63) is 48.0 Å². The van der Waals surface area contributed by atoms with Crippen molar-refractivity contribution in [1.82, 2.24) is 24.6 Å². The van der Waals surface area contributed by atoms with Gasteiger partial charge in [0, 0.05) is 19.3 Å². The predicted octanol–water partition coefficient (Wildman–Crippen LogP) is 4.53. The van der Waals surface area contributed by atoms with Crippen LogP contribution in [-0.2, 0) is 7.05 Å². The number of aryl methyl sites for hydroxylation is 1. The van der Waals surface area contributed by atoms with Crippen LogP contribution in [-0.4, -0.2) is 50.0 Å². The number of benzene rings is 1. The van der Waals surface area contributed by atoms with E-state index >= 15 is 0 Å². The molecule has 0 amide bonds. The molecule has 0 N–H and O–H groups in total. The van der Waals surface area contributed by atoms with Gasteiger partial charge in [-0.1, -0.05) is 42.1 Å². The van der Waals surface area contributed by atoms with Crippen LogP contribution in [0.3, 0.4) is 0 Å². The molecule has 2 aliphatic rings. The topological polar surface area (TPSA) is 60.0 Å². The SMILES string of the molecule is Cc1ncoc1-c1nnc(SCCCN2CC[C@]3(CC[C@@H]3c3ccccc3)C2)n1C. The van der Waals surface area contributed by atoms with Gasteiger partial charge in [-0.15, -0.1) is 10.2 Å². The summed E-state index contributed by atoms with van der Waals surface area (Å²) in [7, 11) is 1.99. The van der Waals surface area contributed by atoms with Crippen LogP contribution in [0.15, 0.2) is 46.3 Å². The van der Waals surface area contributed by atoms with Gasteiger partial charge in [-0.3, -0.25) is 0 Å². The average Bonchev–Trinajstić information content (AvgIpc) is 3.45. The molecule has 2 fully saturated rings. The van der Waals surface area contributed by atoms with E-state index in [0.717, 1.165) is 28.3 Å². The van der Waals surface area contributed by atoms with E-state index in [9.17, 15) is 0 Å². The first kappa shape index (κ1) is 19.8. The van der Waals surface area contributed by atoms with Crippen molar-refractivity contribution in [2.45, 2.75) is 43.7 Å². The maximum absolute atomic E-state index is 5.46. The summed E-state index contributed by atoms with van der Waals surface area (Å²) in [4.78, 5) is 6.83. The van der Waals surface area contributed by atoms with Gasteiger partial charge in [0.15, 0.2) is 17.3 Å². The van der Waals surface area contributed by atoms with Crippen LogP contribution in [0.2, 0.25) is 0 Å². The highest BCUT2D eigenvalue weighted by atomic mass is 32.2. The first-order valence-corrected chi connectivity index (χ1v) is 11.8. The Bertz CT molecular complexity index is 1000. The van der Waals surface area contributed by atoms with E-state index in [2.05, 4.69) is 50.4 Å². The monoisotopic (exact) mass is 423 g/mol. The molecule has 1 saturated carbocycles. The van der Waals surface area contributed by atoms with E-state index in [-0.39, 0.29) is 0 Å². The van der Waals surface area contributed by atoms with Crippen molar-refractivity contribution in [3.8, 4) is 11.6 Å². The lowest BCUT2D eigenvalue weighted by Crippen LogP contribution is -2.41. The van der Waals surface area contributed by atoms with E-state index in [1.54, 1.807) is 17.3 Å². The zero-order chi connectivity index (χ0) is 20.6. The highest BCUT2D eigenvalue weighted by Crippen LogP contribution is 2.57. The van der Waals surface area contributed by atoms with Crippen LogP contribution in [0, 0.1) is 12.3 Å². The van der Waals surface area contributed by atoms with Crippen molar-refractivity contribution in [3.63, 3.8) is 0 Å². The Hall–Kier alpha value is -2.12. The number of likely N-dealkylation sites (tertiary alicyclic amines) is 1. The zero-order valence-corrected chi connectivity index (χ0v) is 18.6. The van der Waals surface area contributed by atoms with E-state index in [1.165, 1.54) is 51.7 Å². The summed E-state index contributed by atoms with van der Waals surface area (Å²) in [5.74, 6) is 3.25. The predicted molar refractivity (Wildman–Crippen MR) is 118 cm³/mol. The number of hydrogen-bond donors (Lipinski definition) is 0. The molecule has 1 aliphatic carbocycles. The van der Waals surface area contributed by atoms with Gasteiger partial charge in [-0.2, -0.15) is 0 Å². The van der Waals surface area contributed by atoms with Crippen LogP contribution in [0.1, 0.15) is 42.9 Å². The average molecular weight is 424 g/mol. The summed E-state index contributed by atoms with van der Waals surface area (Å²) in [5.41, 5.74) is 2.91. The smallest absolute Gasteiger partial charge is 0.202 e. The quantitative estimate of drug-likeness (QED) is 0.411. The molecule has 1 spiro atoms. The fourth-order valence-corrected chi connectivity index (χ4v) is 6.01. The molecule has 1 aromatic carbocycles. The van der Waals surface area contributed by atoms with E-state index < -0.39 is 0 Å². The van der Waals surface area contributed by atoms with Crippen molar-refractivity contribution in [2.75, 3.05) is 25.4 Å². The minimum Gasteiger partial charge on any atom is -0.440 e. The van der Waals surface area contributed by atoms with E-state index in [4.69, 9.17) is 4.42 Å². The summed E-state index contributed by atoms with van der Waals surface area (Å²) < 4.78 is 7.47. The van der Waals surface area contributed by atoms with Crippen LogP contribution in [0.4, 0.5) is 0 Å². The van der Waals surface area contributed by atoms with E-state index in [0.29, 0.717) is 11.2 Å². The molecule has 0 bridgehead atoms. The largest absolute Gasteiger partial charge is 0.440 e. The molecule has 3 aromatic rings. The lowest BCUT2D eigenvalue weighted by atomic mass is 9.57. The molecule has 3 heterocycles. The van der Waals surface area contributed by atoms with Crippen LogP contribution < -0.4 is 0 Å². The fourth-order valence-electron chi connectivity index (χ4n) is 5.17. The van der Waals surface area contributed by atoms with Gasteiger partial charge in [-0.25, -0.2) is 4.98 Å². The first-order chi connectivity index (χ1) is 14.7. The van der Waals surface area contributed by atoms with Crippen molar-refractivity contribution in [2.24, 2.45) is 12.5 Å². The Balaban J connectivity index is 1.11. The molecule has 30 heavy (non-hydrogen) atoms. The number of rotatable bonds is 7. The van der Waals surface area contributed by atoms with Crippen LogP contribution in [0.25, 0.3) is 11.6 Å². The van der Waals surface area contributed by atoms with Gasteiger partial charge in [0.25, 0.3) is 0 Å². The Labute approximate surface area is 182 Å². The highest BCUT2D eigenvalue weighted by molar-refractivity contribution is 7.99. The Kier molecular flexibility index (Phi) is 5.41. The highest BCUT2D eigenvalue weighted by Gasteiger charge is 2.50. The summed E-state index contributed by atoms with van der Waals surface area (Å²) in [5, 5.41) is 9.58. The number of nitrogens with zero attached hydrogens (tertiary/aromatic N) is 5. The molecule has 1 aliphatic heterocycles. The van der Waals surface area contributed by atoms with Gasteiger partial charge >= 0.3 is 0 Å². The standard InChI is InChI=1S/C23H29N5OS/c1-17-20(29-16-24-17)21-25-26-22(27(21)2)30-14-6-12-28-13-11-23(15-28)10-9-19(23)18-7-4-3-5-8-18/h3-5,7-8,16,19H,6,9-15H2,1-2H3/t19-,23-/m1/s1. The molecular formula is C23H29N5OS. The number of oxazole rings is 1.